The molecule has 0 aromatic heterocycles. The Kier molecular flexibility index (Phi) is 4.72. The second kappa shape index (κ2) is 5.69. The molecule has 0 unspecified atom stereocenters. The van der Waals surface area contributed by atoms with E-state index in [4.69, 9.17) is 10.8 Å². The van der Waals surface area contributed by atoms with E-state index in [1.54, 1.807) is 32.9 Å². The van der Waals surface area contributed by atoms with Crippen LogP contribution < -0.4 is 5.73 Å². The number of hydrogen-bond acceptors (Lipinski definition) is 4. The molecule has 0 aliphatic rings. The van der Waals surface area contributed by atoms with Crippen molar-refractivity contribution in [2.45, 2.75) is 25.7 Å². The molecular formula is C12H20N2O3S. The number of hydrogen-bond donors (Lipinski definition) is 2. The number of aryl methyl sites for hydroxylation is 1. The molecule has 1 aromatic rings. The molecule has 0 fully saturated rings. The fourth-order valence-electron chi connectivity index (χ4n) is 1.82. The minimum Gasteiger partial charge on any atom is -0.398 e. The van der Waals surface area contributed by atoms with Crippen molar-refractivity contribution >= 4 is 15.7 Å². The van der Waals surface area contributed by atoms with Gasteiger partial charge in [0.15, 0.2) is 0 Å². The second-order valence-corrected chi connectivity index (χ2v) is 6.10. The maximum atomic E-state index is 12.4. The number of aliphatic hydroxyl groups is 1. The summed E-state index contributed by atoms with van der Waals surface area (Å²) in [4.78, 5) is 0.218. The summed E-state index contributed by atoms with van der Waals surface area (Å²) >= 11 is 0. The topological polar surface area (TPSA) is 83.6 Å². The van der Waals surface area contributed by atoms with Crippen LogP contribution in [0.4, 0.5) is 5.69 Å². The first-order valence-electron chi connectivity index (χ1n) is 5.82. The minimum absolute atomic E-state index is 0.0894. The fraction of sp³-hybridized carbons (Fsp3) is 0.500. The number of sulfonamides is 1. The van der Waals surface area contributed by atoms with Crippen LogP contribution in [0.5, 0.6) is 0 Å². The SMILES string of the molecule is CCN(CCO)S(=O)(=O)c1cc(C)cc(N)c1C. The summed E-state index contributed by atoms with van der Waals surface area (Å²) in [6.07, 6.45) is 0. The lowest BCUT2D eigenvalue weighted by Gasteiger charge is -2.21. The third-order valence-electron chi connectivity index (χ3n) is 2.86. The lowest BCUT2D eigenvalue weighted by Crippen LogP contribution is -2.34. The zero-order valence-electron chi connectivity index (χ0n) is 11.0. The van der Waals surface area contributed by atoms with Crippen molar-refractivity contribution in [1.82, 2.24) is 4.31 Å². The van der Waals surface area contributed by atoms with Crippen LogP contribution in [0.25, 0.3) is 0 Å². The molecule has 0 spiro atoms. The van der Waals surface area contributed by atoms with Gasteiger partial charge < -0.3 is 10.8 Å². The van der Waals surface area contributed by atoms with Gasteiger partial charge in [0.05, 0.1) is 11.5 Å². The predicted molar refractivity (Wildman–Crippen MR) is 71.8 cm³/mol. The Morgan fingerprint density at radius 1 is 1.33 bits per heavy atom. The largest absolute Gasteiger partial charge is 0.398 e. The van der Waals surface area contributed by atoms with Crippen LogP contribution in [0, 0.1) is 13.8 Å². The Bertz CT molecular complexity index is 526. The van der Waals surface area contributed by atoms with Crippen molar-refractivity contribution in [2.75, 3.05) is 25.4 Å². The van der Waals surface area contributed by atoms with Crippen LogP contribution in [0.3, 0.4) is 0 Å². The molecule has 6 heteroatoms. The quantitative estimate of drug-likeness (QED) is 0.780. The monoisotopic (exact) mass is 272 g/mol. The van der Waals surface area contributed by atoms with E-state index in [0.29, 0.717) is 17.8 Å². The summed E-state index contributed by atoms with van der Waals surface area (Å²) < 4.78 is 26.1. The van der Waals surface area contributed by atoms with E-state index < -0.39 is 10.0 Å². The maximum Gasteiger partial charge on any atom is 0.243 e. The van der Waals surface area contributed by atoms with Crippen molar-refractivity contribution in [3.05, 3.63) is 23.3 Å². The normalized spacial score (nSPS) is 12.1. The minimum atomic E-state index is -3.60. The molecule has 0 aliphatic carbocycles. The predicted octanol–water partition coefficient (Wildman–Crippen LogP) is 0.889. The standard InChI is InChI=1S/C12H20N2O3S/c1-4-14(5-6-15)18(16,17)12-8-9(2)7-11(13)10(12)3/h7-8,15H,4-6,13H2,1-3H3. The van der Waals surface area contributed by atoms with Gasteiger partial charge >= 0.3 is 0 Å². The lowest BCUT2D eigenvalue weighted by molar-refractivity contribution is 0.257. The van der Waals surface area contributed by atoms with Crippen LogP contribution in [0.15, 0.2) is 17.0 Å². The number of nitrogen functional groups attached to an aromatic ring is 1. The summed E-state index contributed by atoms with van der Waals surface area (Å²) in [5.41, 5.74) is 7.62. The summed E-state index contributed by atoms with van der Waals surface area (Å²) in [5.74, 6) is 0. The summed E-state index contributed by atoms with van der Waals surface area (Å²) in [6, 6.07) is 3.36. The molecule has 0 aliphatic heterocycles. The number of aliphatic hydroxyl groups excluding tert-OH is 1. The first kappa shape index (κ1) is 14.9. The van der Waals surface area contributed by atoms with E-state index in [9.17, 15) is 8.42 Å². The molecule has 0 saturated carbocycles. The van der Waals surface area contributed by atoms with Gasteiger partial charge in [-0.15, -0.1) is 0 Å². The Morgan fingerprint density at radius 3 is 2.44 bits per heavy atom. The number of rotatable bonds is 5. The highest BCUT2D eigenvalue weighted by Crippen LogP contribution is 2.25. The van der Waals surface area contributed by atoms with E-state index in [1.807, 2.05) is 0 Å². The van der Waals surface area contributed by atoms with Gasteiger partial charge in [0.2, 0.25) is 10.0 Å². The van der Waals surface area contributed by atoms with Gasteiger partial charge in [-0.3, -0.25) is 0 Å². The van der Waals surface area contributed by atoms with Gasteiger partial charge in [-0.05, 0) is 37.1 Å². The van der Waals surface area contributed by atoms with Gasteiger partial charge in [-0.2, -0.15) is 4.31 Å². The molecule has 0 atom stereocenters. The smallest absolute Gasteiger partial charge is 0.243 e. The Balaban J connectivity index is 3.36. The number of nitrogens with two attached hydrogens (primary N) is 1. The highest BCUT2D eigenvalue weighted by Gasteiger charge is 2.25. The highest BCUT2D eigenvalue weighted by molar-refractivity contribution is 7.89. The first-order chi connectivity index (χ1) is 8.34. The van der Waals surface area contributed by atoms with Crippen molar-refractivity contribution in [3.8, 4) is 0 Å². The van der Waals surface area contributed by atoms with E-state index in [-0.39, 0.29) is 18.0 Å². The summed E-state index contributed by atoms with van der Waals surface area (Å²) in [6.45, 7) is 5.43. The molecule has 0 heterocycles. The second-order valence-electron chi connectivity index (χ2n) is 4.20. The van der Waals surface area contributed by atoms with E-state index in [1.165, 1.54) is 4.31 Å². The first-order valence-corrected chi connectivity index (χ1v) is 7.26. The van der Waals surface area contributed by atoms with Gasteiger partial charge in [-0.1, -0.05) is 6.92 Å². The number of benzene rings is 1. The van der Waals surface area contributed by atoms with Crippen molar-refractivity contribution < 1.29 is 13.5 Å². The van der Waals surface area contributed by atoms with Crippen LogP contribution in [0.2, 0.25) is 0 Å². The van der Waals surface area contributed by atoms with Crippen LogP contribution in [-0.2, 0) is 10.0 Å². The molecule has 18 heavy (non-hydrogen) atoms. The molecule has 3 N–H and O–H groups in total. The maximum absolute atomic E-state index is 12.4. The van der Waals surface area contributed by atoms with Crippen molar-refractivity contribution in [2.24, 2.45) is 0 Å². The van der Waals surface area contributed by atoms with Gasteiger partial charge in [0.1, 0.15) is 0 Å². The zero-order valence-corrected chi connectivity index (χ0v) is 11.8. The molecule has 0 radical (unpaired) electrons. The molecule has 1 rings (SSSR count). The third-order valence-corrected chi connectivity index (χ3v) is 4.96. The molecule has 0 amide bonds. The van der Waals surface area contributed by atoms with Crippen LogP contribution >= 0.6 is 0 Å². The Morgan fingerprint density at radius 2 is 1.94 bits per heavy atom. The average molecular weight is 272 g/mol. The van der Waals surface area contributed by atoms with Gasteiger partial charge in [0, 0.05) is 18.8 Å². The third kappa shape index (κ3) is 2.82. The average Bonchev–Trinajstić information content (AvgIpc) is 2.30. The van der Waals surface area contributed by atoms with Crippen LogP contribution in [0.1, 0.15) is 18.1 Å². The summed E-state index contributed by atoms with van der Waals surface area (Å²) in [5, 5.41) is 8.93. The Labute approximate surface area is 108 Å². The van der Waals surface area contributed by atoms with E-state index in [2.05, 4.69) is 0 Å². The Hall–Kier alpha value is -1.11. The number of nitrogens with zero attached hydrogens (tertiary/aromatic N) is 1. The highest BCUT2D eigenvalue weighted by atomic mass is 32.2. The van der Waals surface area contributed by atoms with E-state index in [0.717, 1.165) is 5.56 Å². The molecule has 0 bridgehead atoms. The van der Waals surface area contributed by atoms with E-state index >= 15 is 0 Å². The number of anilines is 1. The summed E-state index contributed by atoms with van der Waals surface area (Å²) in [7, 11) is -3.60. The molecule has 1 aromatic carbocycles. The van der Waals surface area contributed by atoms with Crippen LogP contribution in [-0.4, -0.2) is 37.5 Å². The molecule has 102 valence electrons. The molecule has 5 nitrogen and oxygen atoms in total. The zero-order chi connectivity index (χ0) is 13.9. The lowest BCUT2D eigenvalue weighted by atomic mass is 10.1. The number of likely N-dealkylation sites (N-methyl/N-ethyl adjacent to an activating group) is 1. The van der Waals surface area contributed by atoms with Crippen molar-refractivity contribution in [1.29, 1.82) is 0 Å². The van der Waals surface area contributed by atoms with Crippen molar-refractivity contribution in [3.63, 3.8) is 0 Å². The van der Waals surface area contributed by atoms with Gasteiger partial charge in [0.25, 0.3) is 0 Å². The van der Waals surface area contributed by atoms with Gasteiger partial charge in [-0.25, -0.2) is 8.42 Å². The molecule has 0 saturated heterocycles. The fourth-order valence-corrected chi connectivity index (χ4v) is 3.60. The molecular weight excluding hydrogens is 252 g/mol.